The van der Waals surface area contributed by atoms with Crippen molar-refractivity contribution in [1.29, 1.82) is 5.26 Å². The van der Waals surface area contributed by atoms with Crippen molar-refractivity contribution in [3.63, 3.8) is 0 Å². The third-order valence-corrected chi connectivity index (χ3v) is 2.88. The molecule has 0 radical (unpaired) electrons. The van der Waals surface area contributed by atoms with Crippen LogP contribution in [-0.2, 0) is 0 Å². The van der Waals surface area contributed by atoms with Gasteiger partial charge in [0.15, 0.2) is 0 Å². The molecule has 0 unspecified atom stereocenters. The van der Waals surface area contributed by atoms with Crippen molar-refractivity contribution in [2.24, 2.45) is 5.92 Å². The molecule has 0 aliphatic heterocycles. The normalized spacial score (nSPS) is 14.9. The first kappa shape index (κ1) is 9.47. The molecule has 1 fully saturated rings. The second-order valence-electron chi connectivity index (χ2n) is 3.49. The smallest absolute Gasteiger partial charge is 0.127 e. The fraction of sp³-hybridized carbons (Fsp3) is 0.400. The van der Waals surface area contributed by atoms with E-state index >= 15 is 0 Å². The van der Waals surface area contributed by atoms with Crippen LogP contribution in [0.25, 0.3) is 0 Å². The highest BCUT2D eigenvalue weighted by Gasteiger charge is 2.20. The maximum atomic E-state index is 8.80. The van der Waals surface area contributed by atoms with Gasteiger partial charge < -0.3 is 5.32 Å². The van der Waals surface area contributed by atoms with Gasteiger partial charge in [0, 0.05) is 12.7 Å². The van der Waals surface area contributed by atoms with E-state index in [2.05, 4.69) is 32.3 Å². The zero-order valence-corrected chi connectivity index (χ0v) is 9.21. The SMILES string of the molecule is N#Cc1cc(NCC2CC2)ncc1Br. The number of aromatic nitrogens is 1. The lowest BCUT2D eigenvalue weighted by Crippen LogP contribution is -2.04. The van der Waals surface area contributed by atoms with E-state index in [0.717, 1.165) is 22.8 Å². The van der Waals surface area contributed by atoms with E-state index in [1.54, 1.807) is 12.3 Å². The molecule has 3 nitrogen and oxygen atoms in total. The number of hydrogen-bond donors (Lipinski definition) is 1. The maximum Gasteiger partial charge on any atom is 0.127 e. The second-order valence-corrected chi connectivity index (χ2v) is 4.34. The lowest BCUT2D eigenvalue weighted by atomic mass is 10.3. The first-order chi connectivity index (χ1) is 6.79. The van der Waals surface area contributed by atoms with Gasteiger partial charge in [-0.3, -0.25) is 0 Å². The molecule has 1 saturated carbocycles. The van der Waals surface area contributed by atoms with E-state index in [4.69, 9.17) is 5.26 Å². The molecule has 1 N–H and O–H groups in total. The number of anilines is 1. The zero-order valence-electron chi connectivity index (χ0n) is 7.63. The van der Waals surface area contributed by atoms with Gasteiger partial charge >= 0.3 is 0 Å². The van der Waals surface area contributed by atoms with Crippen LogP contribution in [0.15, 0.2) is 16.7 Å². The summed E-state index contributed by atoms with van der Waals surface area (Å²) in [6.45, 7) is 0.972. The number of rotatable bonds is 3. The van der Waals surface area contributed by atoms with Crippen LogP contribution in [0.1, 0.15) is 18.4 Å². The van der Waals surface area contributed by atoms with Gasteiger partial charge in [-0.1, -0.05) is 0 Å². The summed E-state index contributed by atoms with van der Waals surface area (Å²) in [5, 5.41) is 12.0. The molecule has 0 aromatic carbocycles. The summed E-state index contributed by atoms with van der Waals surface area (Å²) in [7, 11) is 0. The second kappa shape index (κ2) is 3.97. The molecule has 1 aromatic rings. The van der Waals surface area contributed by atoms with Crippen molar-refractivity contribution in [3.8, 4) is 6.07 Å². The predicted octanol–water partition coefficient (Wildman–Crippen LogP) is 2.54. The predicted molar refractivity (Wildman–Crippen MR) is 57.9 cm³/mol. The number of nitrogens with one attached hydrogen (secondary N) is 1. The summed E-state index contributed by atoms with van der Waals surface area (Å²) in [5.41, 5.74) is 0.623. The Morgan fingerprint density at radius 2 is 2.43 bits per heavy atom. The Hall–Kier alpha value is -1.08. The molecule has 0 atom stereocenters. The van der Waals surface area contributed by atoms with E-state index in [0.29, 0.717) is 5.56 Å². The van der Waals surface area contributed by atoms with Crippen molar-refractivity contribution < 1.29 is 0 Å². The Labute approximate surface area is 91.3 Å². The van der Waals surface area contributed by atoms with Gasteiger partial charge in [-0.2, -0.15) is 5.26 Å². The van der Waals surface area contributed by atoms with Crippen LogP contribution >= 0.6 is 15.9 Å². The van der Waals surface area contributed by atoms with Crippen molar-refractivity contribution >= 4 is 21.7 Å². The van der Waals surface area contributed by atoms with E-state index in [1.807, 2.05) is 0 Å². The van der Waals surface area contributed by atoms with Crippen molar-refractivity contribution in [2.75, 3.05) is 11.9 Å². The highest BCUT2D eigenvalue weighted by molar-refractivity contribution is 9.10. The number of nitrogens with zero attached hydrogens (tertiary/aromatic N) is 2. The van der Waals surface area contributed by atoms with Gasteiger partial charge in [0.2, 0.25) is 0 Å². The Morgan fingerprint density at radius 1 is 1.64 bits per heavy atom. The average Bonchev–Trinajstić information content (AvgIpc) is 3.00. The Bertz CT molecular complexity index is 379. The van der Waals surface area contributed by atoms with Gasteiger partial charge in [-0.05, 0) is 40.8 Å². The molecule has 1 aliphatic carbocycles. The van der Waals surface area contributed by atoms with Crippen molar-refractivity contribution in [3.05, 3.63) is 22.3 Å². The summed E-state index contributed by atoms with van der Waals surface area (Å²) in [5.74, 6) is 1.60. The van der Waals surface area contributed by atoms with Gasteiger partial charge in [-0.15, -0.1) is 0 Å². The molecule has 14 heavy (non-hydrogen) atoms. The van der Waals surface area contributed by atoms with E-state index in [-0.39, 0.29) is 0 Å². The molecule has 0 amide bonds. The molecule has 1 aliphatic rings. The fourth-order valence-electron chi connectivity index (χ4n) is 1.19. The summed E-state index contributed by atoms with van der Waals surface area (Å²) >= 11 is 3.27. The molecule has 0 bridgehead atoms. The first-order valence-corrected chi connectivity index (χ1v) is 5.38. The van der Waals surface area contributed by atoms with E-state index in [9.17, 15) is 0 Å². The molecule has 4 heteroatoms. The number of nitriles is 1. The first-order valence-electron chi connectivity index (χ1n) is 4.59. The molecular formula is C10H10BrN3. The van der Waals surface area contributed by atoms with Crippen LogP contribution in [0.5, 0.6) is 0 Å². The summed E-state index contributed by atoms with van der Waals surface area (Å²) in [6.07, 6.45) is 4.29. The topological polar surface area (TPSA) is 48.7 Å². The van der Waals surface area contributed by atoms with Gasteiger partial charge in [0.05, 0.1) is 10.0 Å². The molecule has 0 spiro atoms. The number of halogens is 1. The Balaban J connectivity index is 2.06. The highest BCUT2D eigenvalue weighted by atomic mass is 79.9. The van der Waals surface area contributed by atoms with Gasteiger partial charge in [0.25, 0.3) is 0 Å². The third-order valence-electron chi connectivity index (χ3n) is 2.24. The third kappa shape index (κ3) is 2.24. The molecule has 1 aromatic heterocycles. The summed E-state index contributed by atoms with van der Waals surface area (Å²) in [4.78, 5) is 4.18. The number of hydrogen-bond acceptors (Lipinski definition) is 3. The van der Waals surface area contributed by atoms with Crippen LogP contribution in [0.4, 0.5) is 5.82 Å². The molecule has 0 saturated heterocycles. The molecule has 72 valence electrons. The standard InChI is InChI=1S/C10H10BrN3/c11-9-6-14-10(3-8(9)4-12)13-5-7-1-2-7/h3,6-7H,1-2,5H2,(H,13,14). The number of pyridine rings is 1. The highest BCUT2D eigenvalue weighted by Crippen LogP contribution is 2.29. The van der Waals surface area contributed by atoms with Crippen LogP contribution in [-0.4, -0.2) is 11.5 Å². The summed E-state index contributed by atoms with van der Waals surface area (Å²) in [6, 6.07) is 3.88. The minimum atomic E-state index is 0.623. The minimum Gasteiger partial charge on any atom is -0.370 e. The Kier molecular flexibility index (Phi) is 2.69. The fourth-order valence-corrected chi connectivity index (χ4v) is 1.50. The molecule has 1 heterocycles. The summed E-state index contributed by atoms with van der Waals surface area (Å²) < 4.78 is 0.747. The van der Waals surface area contributed by atoms with E-state index < -0.39 is 0 Å². The van der Waals surface area contributed by atoms with Crippen LogP contribution in [0.3, 0.4) is 0 Å². The monoisotopic (exact) mass is 251 g/mol. The largest absolute Gasteiger partial charge is 0.370 e. The minimum absolute atomic E-state index is 0.623. The molecular weight excluding hydrogens is 242 g/mol. The van der Waals surface area contributed by atoms with Gasteiger partial charge in [-0.25, -0.2) is 4.98 Å². The maximum absolute atomic E-state index is 8.80. The quantitative estimate of drug-likeness (QED) is 0.899. The van der Waals surface area contributed by atoms with Crippen LogP contribution < -0.4 is 5.32 Å². The lowest BCUT2D eigenvalue weighted by Gasteiger charge is -2.04. The van der Waals surface area contributed by atoms with Gasteiger partial charge in [0.1, 0.15) is 11.9 Å². The van der Waals surface area contributed by atoms with Crippen LogP contribution in [0, 0.1) is 17.2 Å². The average molecular weight is 252 g/mol. The zero-order chi connectivity index (χ0) is 9.97. The Morgan fingerprint density at radius 3 is 3.07 bits per heavy atom. The van der Waals surface area contributed by atoms with E-state index in [1.165, 1.54) is 12.8 Å². The van der Waals surface area contributed by atoms with Crippen LogP contribution in [0.2, 0.25) is 0 Å². The van der Waals surface area contributed by atoms with Crippen molar-refractivity contribution in [2.45, 2.75) is 12.8 Å². The molecule has 2 rings (SSSR count). The lowest BCUT2D eigenvalue weighted by molar-refractivity contribution is 0.882. The van der Waals surface area contributed by atoms with Crippen molar-refractivity contribution in [1.82, 2.24) is 4.98 Å².